The average molecular weight is 204 g/mol. The second-order valence-corrected chi connectivity index (χ2v) is 5.97. The lowest BCUT2D eigenvalue weighted by Crippen LogP contribution is -2.56. The van der Waals surface area contributed by atoms with E-state index < -0.39 is 0 Å². The Bertz CT molecular complexity index is 263. The fourth-order valence-electron chi connectivity index (χ4n) is 4.52. The van der Waals surface area contributed by atoms with E-state index >= 15 is 0 Å². The van der Waals surface area contributed by atoms with Gasteiger partial charge in [-0.3, -0.25) is 5.32 Å². The number of rotatable bonds is 2. The molecule has 2 nitrogen and oxygen atoms in total. The number of nitriles is 1. The predicted molar refractivity (Wildman–Crippen MR) is 59.0 cm³/mol. The highest BCUT2D eigenvalue weighted by atomic mass is 15.0. The molecule has 1 N–H and O–H groups in total. The summed E-state index contributed by atoms with van der Waals surface area (Å²) in [7, 11) is 0. The van der Waals surface area contributed by atoms with Gasteiger partial charge in [0.05, 0.1) is 12.1 Å². The zero-order valence-corrected chi connectivity index (χ0v) is 9.45. The number of nitrogens with one attached hydrogen (secondary N) is 1. The standard InChI is InChI=1S/C13H20N2/c1-8(7-14)15-13-11-3-9-2-10(5-11)6-12(13)4-9/h8-13,15H,2-6H2,1H3. The fourth-order valence-corrected chi connectivity index (χ4v) is 4.52. The molecule has 0 heterocycles. The Kier molecular flexibility index (Phi) is 2.25. The largest absolute Gasteiger partial charge is 0.299 e. The first-order chi connectivity index (χ1) is 7.26. The van der Waals surface area contributed by atoms with Crippen molar-refractivity contribution in [1.82, 2.24) is 5.32 Å². The summed E-state index contributed by atoms with van der Waals surface area (Å²) in [5.74, 6) is 3.83. The Balaban J connectivity index is 1.72. The maximum absolute atomic E-state index is 8.88. The van der Waals surface area contributed by atoms with Gasteiger partial charge in [-0.25, -0.2) is 0 Å². The van der Waals surface area contributed by atoms with Crippen molar-refractivity contribution in [3.63, 3.8) is 0 Å². The zero-order chi connectivity index (χ0) is 10.4. The van der Waals surface area contributed by atoms with Crippen LogP contribution in [0, 0.1) is 35.0 Å². The third-order valence-electron chi connectivity index (χ3n) is 4.86. The van der Waals surface area contributed by atoms with Crippen LogP contribution in [0.2, 0.25) is 0 Å². The minimum absolute atomic E-state index is 0.0347. The molecular formula is C13H20N2. The second-order valence-electron chi connectivity index (χ2n) is 5.97. The summed E-state index contributed by atoms with van der Waals surface area (Å²) in [5.41, 5.74) is 0. The summed E-state index contributed by atoms with van der Waals surface area (Å²) in [6.07, 6.45) is 7.24. The van der Waals surface area contributed by atoms with E-state index in [0.717, 1.165) is 23.7 Å². The van der Waals surface area contributed by atoms with E-state index in [1.807, 2.05) is 6.92 Å². The summed E-state index contributed by atoms with van der Waals surface area (Å²) in [4.78, 5) is 0. The Morgan fingerprint density at radius 2 is 1.60 bits per heavy atom. The van der Waals surface area contributed by atoms with Crippen molar-refractivity contribution in [2.45, 2.75) is 51.1 Å². The topological polar surface area (TPSA) is 35.8 Å². The molecule has 4 bridgehead atoms. The van der Waals surface area contributed by atoms with Crippen molar-refractivity contribution in [3.05, 3.63) is 0 Å². The van der Waals surface area contributed by atoms with E-state index in [-0.39, 0.29) is 6.04 Å². The molecule has 1 atom stereocenters. The highest BCUT2D eigenvalue weighted by Gasteiger charge is 2.48. The Morgan fingerprint density at radius 3 is 2.07 bits per heavy atom. The van der Waals surface area contributed by atoms with Crippen LogP contribution in [0.1, 0.15) is 39.0 Å². The molecule has 82 valence electrons. The molecular weight excluding hydrogens is 184 g/mol. The second kappa shape index (κ2) is 3.49. The molecule has 0 amide bonds. The van der Waals surface area contributed by atoms with Gasteiger partial charge in [0.2, 0.25) is 0 Å². The van der Waals surface area contributed by atoms with Crippen molar-refractivity contribution >= 4 is 0 Å². The monoisotopic (exact) mass is 204 g/mol. The molecule has 0 aromatic carbocycles. The molecule has 4 aliphatic rings. The van der Waals surface area contributed by atoms with Crippen LogP contribution in [0.3, 0.4) is 0 Å². The van der Waals surface area contributed by atoms with Crippen LogP contribution in [0.15, 0.2) is 0 Å². The van der Waals surface area contributed by atoms with E-state index in [2.05, 4.69) is 11.4 Å². The molecule has 1 unspecified atom stereocenters. The summed E-state index contributed by atoms with van der Waals surface area (Å²) in [6, 6.07) is 3.01. The van der Waals surface area contributed by atoms with E-state index in [1.54, 1.807) is 0 Å². The van der Waals surface area contributed by atoms with Gasteiger partial charge in [0.1, 0.15) is 0 Å². The van der Waals surface area contributed by atoms with E-state index in [9.17, 15) is 0 Å². The molecule has 0 aromatic heterocycles. The van der Waals surface area contributed by atoms with Crippen LogP contribution >= 0.6 is 0 Å². The molecule has 4 saturated carbocycles. The number of hydrogen-bond donors (Lipinski definition) is 1. The minimum Gasteiger partial charge on any atom is -0.299 e. The van der Waals surface area contributed by atoms with Crippen molar-refractivity contribution in [2.75, 3.05) is 0 Å². The van der Waals surface area contributed by atoms with E-state index in [4.69, 9.17) is 5.26 Å². The first-order valence-corrected chi connectivity index (χ1v) is 6.42. The Morgan fingerprint density at radius 1 is 1.07 bits per heavy atom. The quantitative estimate of drug-likeness (QED) is 0.749. The molecule has 0 spiro atoms. The van der Waals surface area contributed by atoms with Crippen LogP contribution in [0.5, 0.6) is 0 Å². The molecule has 2 heteroatoms. The fraction of sp³-hybridized carbons (Fsp3) is 0.923. The normalized spacial score (nSPS) is 48.9. The molecule has 4 fully saturated rings. The lowest BCUT2D eigenvalue weighted by atomic mass is 9.54. The minimum atomic E-state index is 0.0347. The average Bonchev–Trinajstić information content (AvgIpc) is 2.22. The summed E-state index contributed by atoms with van der Waals surface area (Å²) >= 11 is 0. The van der Waals surface area contributed by atoms with Crippen molar-refractivity contribution in [1.29, 1.82) is 5.26 Å². The Hall–Kier alpha value is -0.550. The third-order valence-corrected chi connectivity index (χ3v) is 4.86. The number of nitrogens with zero attached hydrogens (tertiary/aromatic N) is 1. The first kappa shape index (κ1) is 9.66. The van der Waals surface area contributed by atoms with Gasteiger partial charge in [-0.05, 0) is 62.7 Å². The maximum atomic E-state index is 8.88. The van der Waals surface area contributed by atoms with Crippen LogP contribution in [-0.4, -0.2) is 12.1 Å². The third kappa shape index (κ3) is 1.58. The molecule has 0 aliphatic heterocycles. The summed E-state index contributed by atoms with van der Waals surface area (Å²) < 4.78 is 0. The summed E-state index contributed by atoms with van der Waals surface area (Å²) in [6.45, 7) is 1.99. The maximum Gasteiger partial charge on any atom is 0.0926 e. The van der Waals surface area contributed by atoms with E-state index in [0.29, 0.717) is 6.04 Å². The first-order valence-electron chi connectivity index (χ1n) is 6.42. The van der Waals surface area contributed by atoms with E-state index in [1.165, 1.54) is 32.1 Å². The SMILES string of the molecule is CC(C#N)NC1C2CC3CC(C2)CC1C3. The zero-order valence-electron chi connectivity index (χ0n) is 9.45. The van der Waals surface area contributed by atoms with Gasteiger partial charge in [0.15, 0.2) is 0 Å². The van der Waals surface area contributed by atoms with Crippen LogP contribution < -0.4 is 5.32 Å². The van der Waals surface area contributed by atoms with Gasteiger partial charge in [-0.15, -0.1) is 0 Å². The van der Waals surface area contributed by atoms with Gasteiger partial charge in [-0.2, -0.15) is 5.26 Å². The van der Waals surface area contributed by atoms with Gasteiger partial charge in [0.25, 0.3) is 0 Å². The van der Waals surface area contributed by atoms with Crippen LogP contribution in [0.4, 0.5) is 0 Å². The highest BCUT2D eigenvalue weighted by molar-refractivity contribution is 5.03. The molecule has 0 aromatic rings. The lowest BCUT2D eigenvalue weighted by Gasteiger charge is -2.54. The number of hydrogen-bond acceptors (Lipinski definition) is 2. The summed E-state index contributed by atoms with van der Waals surface area (Å²) in [5, 5.41) is 12.4. The van der Waals surface area contributed by atoms with Gasteiger partial charge in [0, 0.05) is 6.04 Å². The molecule has 4 aliphatic carbocycles. The molecule has 0 saturated heterocycles. The highest BCUT2D eigenvalue weighted by Crippen LogP contribution is 2.53. The Labute approximate surface area is 92.0 Å². The van der Waals surface area contributed by atoms with Crippen molar-refractivity contribution in [2.24, 2.45) is 23.7 Å². The van der Waals surface area contributed by atoms with Crippen molar-refractivity contribution in [3.8, 4) is 6.07 Å². The molecule has 15 heavy (non-hydrogen) atoms. The smallest absolute Gasteiger partial charge is 0.0926 e. The predicted octanol–water partition coefficient (Wildman–Crippen LogP) is 2.31. The molecule has 0 radical (unpaired) electrons. The van der Waals surface area contributed by atoms with Crippen LogP contribution in [-0.2, 0) is 0 Å². The van der Waals surface area contributed by atoms with Gasteiger partial charge < -0.3 is 0 Å². The van der Waals surface area contributed by atoms with Crippen LogP contribution in [0.25, 0.3) is 0 Å². The lowest BCUT2D eigenvalue weighted by molar-refractivity contribution is -0.0151. The van der Waals surface area contributed by atoms with Gasteiger partial charge in [-0.1, -0.05) is 0 Å². The van der Waals surface area contributed by atoms with Gasteiger partial charge >= 0.3 is 0 Å². The molecule has 4 rings (SSSR count). The van der Waals surface area contributed by atoms with Crippen molar-refractivity contribution < 1.29 is 0 Å².